The average molecular weight is 470 g/mol. The summed E-state index contributed by atoms with van der Waals surface area (Å²) in [6, 6.07) is 15.0. The molecule has 0 aromatic heterocycles. The Morgan fingerprint density at radius 1 is 0.970 bits per heavy atom. The fourth-order valence-electron chi connectivity index (χ4n) is 2.79. The molecule has 0 saturated carbocycles. The number of rotatable bonds is 5. The smallest absolute Gasteiger partial charge is 0.408 e. The first-order chi connectivity index (χ1) is 15.2. The van der Waals surface area contributed by atoms with E-state index in [2.05, 4.69) is 51.0 Å². The highest BCUT2D eigenvalue weighted by molar-refractivity contribution is 6.74. The van der Waals surface area contributed by atoms with Crippen molar-refractivity contribution in [3.05, 3.63) is 71.5 Å². The highest BCUT2D eigenvalue weighted by Gasteiger charge is 2.41. The molecule has 0 saturated heterocycles. The lowest BCUT2D eigenvalue weighted by Crippen LogP contribution is -2.48. The minimum absolute atomic E-state index is 0.0705. The van der Waals surface area contributed by atoms with Gasteiger partial charge in [0.1, 0.15) is 17.5 Å². The van der Waals surface area contributed by atoms with E-state index in [1.807, 2.05) is 30.3 Å². The largest absolute Gasteiger partial charge is 0.444 e. The van der Waals surface area contributed by atoms with Crippen LogP contribution in [0.1, 0.15) is 58.7 Å². The highest BCUT2D eigenvalue weighted by Crippen LogP contribution is 2.38. The highest BCUT2D eigenvalue weighted by atomic mass is 28.4. The Morgan fingerprint density at radius 3 is 2.06 bits per heavy atom. The SMILES string of the molecule is CC(C)(C)OC(=O)N[C@@H](c1ccc(F)cc1)[C@@H](C#Cc1ccccc1)O[Si](C)(C)C(C)(C)C. The van der Waals surface area contributed by atoms with Gasteiger partial charge in [-0.15, -0.1) is 0 Å². The molecule has 2 aromatic carbocycles. The molecule has 2 rings (SSSR count). The quantitative estimate of drug-likeness (QED) is 0.385. The summed E-state index contributed by atoms with van der Waals surface area (Å²) in [7, 11) is -2.28. The van der Waals surface area contributed by atoms with Crippen LogP contribution >= 0.6 is 0 Å². The Balaban J connectivity index is 2.53. The number of halogens is 1. The van der Waals surface area contributed by atoms with E-state index in [0.29, 0.717) is 5.56 Å². The first kappa shape index (κ1) is 26.6. The molecule has 0 spiro atoms. The molecule has 33 heavy (non-hydrogen) atoms. The number of carbonyl (C=O) groups excluding carboxylic acids is 1. The van der Waals surface area contributed by atoms with E-state index in [0.717, 1.165) is 5.56 Å². The molecular weight excluding hydrogens is 433 g/mol. The Kier molecular flexibility index (Phi) is 8.50. The van der Waals surface area contributed by atoms with E-state index in [-0.39, 0.29) is 10.9 Å². The molecule has 0 fully saturated rings. The summed E-state index contributed by atoms with van der Waals surface area (Å²) in [4.78, 5) is 12.8. The third kappa shape index (κ3) is 8.34. The zero-order valence-electron chi connectivity index (χ0n) is 21.0. The van der Waals surface area contributed by atoms with Crippen LogP contribution in [0.5, 0.6) is 0 Å². The van der Waals surface area contributed by atoms with Gasteiger partial charge in [0, 0.05) is 5.56 Å². The zero-order chi connectivity index (χ0) is 24.9. The van der Waals surface area contributed by atoms with Gasteiger partial charge < -0.3 is 14.5 Å². The Bertz CT molecular complexity index is 981. The predicted octanol–water partition coefficient (Wildman–Crippen LogP) is 6.83. The van der Waals surface area contributed by atoms with Gasteiger partial charge in [-0.2, -0.15) is 0 Å². The summed E-state index contributed by atoms with van der Waals surface area (Å²) in [6.45, 7) is 16.1. The standard InChI is InChI=1S/C27H36FNO3Si/c1-26(2,3)31-25(30)29-24(21-15-17-22(28)18-16-21)23(32-33(7,8)27(4,5)6)19-14-20-12-10-9-11-13-20/h9-13,15-18,23-24H,1-8H3,(H,29,30)/t23-,24+/m1/s1. The number of amides is 1. The van der Waals surface area contributed by atoms with Crippen LogP contribution in [0.3, 0.4) is 0 Å². The van der Waals surface area contributed by atoms with Crippen LogP contribution in [0.25, 0.3) is 0 Å². The second kappa shape index (κ2) is 10.5. The van der Waals surface area contributed by atoms with Gasteiger partial charge in [0.05, 0.1) is 6.04 Å². The zero-order valence-corrected chi connectivity index (χ0v) is 22.0. The number of alkyl carbamates (subject to hydrolysis) is 1. The molecule has 0 bridgehead atoms. The van der Waals surface area contributed by atoms with E-state index in [4.69, 9.17) is 9.16 Å². The predicted molar refractivity (Wildman–Crippen MR) is 134 cm³/mol. The monoisotopic (exact) mass is 469 g/mol. The van der Waals surface area contributed by atoms with Gasteiger partial charge in [-0.25, -0.2) is 9.18 Å². The molecule has 0 unspecified atom stereocenters. The Hall–Kier alpha value is -2.62. The van der Waals surface area contributed by atoms with Crippen LogP contribution in [0, 0.1) is 17.7 Å². The molecule has 0 aliphatic carbocycles. The lowest BCUT2D eigenvalue weighted by Gasteiger charge is -2.40. The van der Waals surface area contributed by atoms with Gasteiger partial charge in [0.25, 0.3) is 0 Å². The molecule has 0 aliphatic heterocycles. The second-order valence-electron chi connectivity index (χ2n) is 10.6. The summed E-state index contributed by atoms with van der Waals surface area (Å²) in [5.74, 6) is 6.07. The molecule has 0 heterocycles. The Labute approximate surface area is 199 Å². The normalized spacial score (nSPS) is 14.0. The van der Waals surface area contributed by atoms with Crippen LogP contribution < -0.4 is 5.32 Å². The molecule has 6 heteroatoms. The van der Waals surface area contributed by atoms with Crippen molar-refractivity contribution in [2.75, 3.05) is 0 Å². The van der Waals surface area contributed by atoms with Crippen molar-refractivity contribution in [2.45, 2.75) is 77.4 Å². The van der Waals surface area contributed by atoms with Crippen molar-refractivity contribution in [3.8, 4) is 11.8 Å². The van der Waals surface area contributed by atoms with Gasteiger partial charge >= 0.3 is 6.09 Å². The number of nitrogens with one attached hydrogen (secondary N) is 1. The van der Waals surface area contributed by atoms with Crippen molar-refractivity contribution < 1.29 is 18.3 Å². The summed E-state index contributed by atoms with van der Waals surface area (Å²) < 4.78 is 25.9. The summed E-state index contributed by atoms with van der Waals surface area (Å²) in [5, 5.41) is 2.86. The number of hydrogen-bond donors (Lipinski definition) is 1. The lowest BCUT2D eigenvalue weighted by molar-refractivity contribution is 0.0463. The molecular formula is C27H36FNO3Si. The van der Waals surface area contributed by atoms with Crippen molar-refractivity contribution in [1.82, 2.24) is 5.32 Å². The molecule has 0 radical (unpaired) electrons. The Morgan fingerprint density at radius 2 is 1.55 bits per heavy atom. The second-order valence-corrected chi connectivity index (χ2v) is 15.4. The fourth-order valence-corrected chi connectivity index (χ4v) is 3.97. The van der Waals surface area contributed by atoms with Crippen LogP contribution in [0.2, 0.25) is 18.1 Å². The maximum absolute atomic E-state index is 13.7. The van der Waals surface area contributed by atoms with Crippen molar-refractivity contribution in [1.29, 1.82) is 0 Å². The number of benzene rings is 2. The van der Waals surface area contributed by atoms with Gasteiger partial charge in [0.15, 0.2) is 8.32 Å². The minimum atomic E-state index is -2.28. The van der Waals surface area contributed by atoms with Gasteiger partial charge in [-0.05, 0) is 68.7 Å². The summed E-state index contributed by atoms with van der Waals surface area (Å²) in [6.07, 6.45) is -1.24. The van der Waals surface area contributed by atoms with Crippen molar-refractivity contribution >= 4 is 14.4 Å². The maximum Gasteiger partial charge on any atom is 0.408 e. The summed E-state index contributed by atoms with van der Waals surface area (Å²) in [5.41, 5.74) is 0.868. The van der Waals surface area contributed by atoms with Crippen molar-refractivity contribution in [3.63, 3.8) is 0 Å². The van der Waals surface area contributed by atoms with E-state index in [9.17, 15) is 9.18 Å². The number of hydrogen-bond acceptors (Lipinski definition) is 3. The first-order valence-electron chi connectivity index (χ1n) is 11.2. The average Bonchev–Trinajstić information content (AvgIpc) is 2.69. The summed E-state index contributed by atoms with van der Waals surface area (Å²) >= 11 is 0. The van der Waals surface area contributed by atoms with Gasteiger partial charge in [0.2, 0.25) is 0 Å². The van der Waals surface area contributed by atoms with Crippen LogP contribution in [-0.4, -0.2) is 26.1 Å². The lowest BCUT2D eigenvalue weighted by atomic mass is 10.0. The number of carbonyl (C=O) groups is 1. The molecule has 1 amide bonds. The molecule has 1 N–H and O–H groups in total. The maximum atomic E-state index is 13.7. The van der Waals surface area contributed by atoms with Crippen LogP contribution in [0.15, 0.2) is 54.6 Å². The third-order valence-corrected chi connectivity index (χ3v) is 10.0. The molecule has 0 aliphatic rings. The number of ether oxygens (including phenoxy) is 1. The van der Waals surface area contributed by atoms with Crippen LogP contribution in [0.4, 0.5) is 9.18 Å². The topological polar surface area (TPSA) is 47.6 Å². The van der Waals surface area contributed by atoms with Crippen LogP contribution in [-0.2, 0) is 9.16 Å². The third-order valence-electron chi connectivity index (χ3n) is 5.56. The van der Waals surface area contributed by atoms with E-state index in [1.165, 1.54) is 12.1 Å². The van der Waals surface area contributed by atoms with E-state index >= 15 is 0 Å². The first-order valence-corrected chi connectivity index (χ1v) is 14.1. The molecule has 2 atom stereocenters. The molecule has 178 valence electrons. The van der Waals surface area contributed by atoms with Gasteiger partial charge in [-0.1, -0.05) is 62.9 Å². The fraction of sp³-hybridized carbons (Fsp3) is 0.444. The van der Waals surface area contributed by atoms with Gasteiger partial charge in [-0.3, -0.25) is 0 Å². The molecule has 4 nitrogen and oxygen atoms in total. The van der Waals surface area contributed by atoms with Crippen molar-refractivity contribution in [2.24, 2.45) is 0 Å². The minimum Gasteiger partial charge on any atom is -0.444 e. The van der Waals surface area contributed by atoms with E-state index in [1.54, 1.807) is 32.9 Å². The molecule has 2 aromatic rings. The van der Waals surface area contributed by atoms with E-state index < -0.39 is 32.2 Å².